The molecule has 0 atom stereocenters. The van der Waals surface area contributed by atoms with Gasteiger partial charge in [0.15, 0.2) is 0 Å². The fourth-order valence-electron chi connectivity index (χ4n) is 2.76. The average Bonchev–Trinajstić information content (AvgIpc) is 2.55. The number of hydrogen-bond acceptors (Lipinski definition) is 2. The number of hydrogen-bond donors (Lipinski definition) is 1. The van der Waals surface area contributed by atoms with Crippen LogP contribution in [0.4, 0.5) is 5.69 Å². The smallest absolute Gasteiger partial charge is 0.220 e. The van der Waals surface area contributed by atoms with Crippen molar-refractivity contribution in [3.8, 4) is 0 Å². The summed E-state index contributed by atoms with van der Waals surface area (Å²) in [4.78, 5) is 14.3. The molecule has 0 aliphatic heterocycles. The summed E-state index contributed by atoms with van der Waals surface area (Å²) in [5, 5.41) is 3.05. The number of nitrogens with zero attached hydrogens (tertiary/aromatic N) is 1. The zero-order valence-corrected chi connectivity index (χ0v) is 15.2. The van der Waals surface area contributed by atoms with Crippen LogP contribution in [-0.4, -0.2) is 26.5 Å². The molecule has 0 unspecified atom stereocenters. The highest BCUT2D eigenvalue weighted by atomic mass is 16.1. The Morgan fingerprint density at radius 1 is 1.00 bits per heavy atom. The third kappa shape index (κ3) is 5.12. The van der Waals surface area contributed by atoms with Crippen molar-refractivity contribution in [1.29, 1.82) is 0 Å². The third-order valence-corrected chi connectivity index (χ3v) is 4.35. The van der Waals surface area contributed by atoms with Gasteiger partial charge in [0.2, 0.25) is 5.91 Å². The summed E-state index contributed by atoms with van der Waals surface area (Å²) in [6.45, 7) is 4.90. The Bertz CT molecular complexity index is 645. The lowest BCUT2D eigenvalue weighted by atomic mass is 9.81. The molecule has 1 N–H and O–H groups in total. The van der Waals surface area contributed by atoms with Gasteiger partial charge >= 0.3 is 0 Å². The first-order chi connectivity index (χ1) is 11.4. The van der Waals surface area contributed by atoms with E-state index < -0.39 is 0 Å². The van der Waals surface area contributed by atoms with Crippen molar-refractivity contribution < 1.29 is 4.79 Å². The van der Waals surface area contributed by atoms with Crippen LogP contribution in [0.25, 0.3) is 0 Å². The molecule has 0 bridgehead atoms. The summed E-state index contributed by atoms with van der Waals surface area (Å²) >= 11 is 0. The molecular weight excluding hydrogens is 296 g/mol. The fraction of sp³-hybridized carbons (Fsp3) is 0.381. The second-order valence-electron chi connectivity index (χ2n) is 7.09. The van der Waals surface area contributed by atoms with Crippen LogP contribution in [0.2, 0.25) is 0 Å². The van der Waals surface area contributed by atoms with Crippen molar-refractivity contribution in [3.63, 3.8) is 0 Å². The van der Waals surface area contributed by atoms with E-state index in [1.54, 1.807) is 0 Å². The minimum Gasteiger partial charge on any atom is -0.378 e. The van der Waals surface area contributed by atoms with Crippen LogP contribution in [0.3, 0.4) is 0 Å². The predicted octanol–water partition coefficient (Wildman–Crippen LogP) is 3.78. The minimum absolute atomic E-state index is 0.105. The molecule has 128 valence electrons. The van der Waals surface area contributed by atoms with Crippen LogP contribution in [0.5, 0.6) is 0 Å². The number of carbonyl (C=O) groups excluding carboxylic acids is 1. The zero-order valence-electron chi connectivity index (χ0n) is 15.2. The Hall–Kier alpha value is -2.29. The van der Waals surface area contributed by atoms with Crippen LogP contribution >= 0.6 is 0 Å². The van der Waals surface area contributed by atoms with Gasteiger partial charge in [0.25, 0.3) is 0 Å². The van der Waals surface area contributed by atoms with E-state index >= 15 is 0 Å². The molecule has 3 nitrogen and oxygen atoms in total. The van der Waals surface area contributed by atoms with Gasteiger partial charge in [0.05, 0.1) is 0 Å². The largest absolute Gasteiger partial charge is 0.378 e. The van der Waals surface area contributed by atoms with Gasteiger partial charge in [-0.2, -0.15) is 0 Å². The summed E-state index contributed by atoms with van der Waals surface area (Å²) in [6.07, 6.45) is 1.35. The topological polar surface area (TPSA) is 32.3 Å². The number of anilines is 1. The normalized spacial score (nSPS) is 11.2. The van der Waals surface area contributed by atoms with Crippen LogP contribution in [0.1, 0.15) is 31.4 Å². The first-order valence-corrected chi connectivity index (χ1v) is 8.47. The second kappa shape index (κ2) is 8.00. The summed E-state index contributed by atoms with van der Waals surface area (Å²) in [5.74, 6) is 0.105. The Morgan fingerprint density at radius 3 is 2.21 bits per heavy atom. The Kier molecular flexibility index (Phi) is 6.02. The highest BCUT2D eigenvalue weighted by Crippen LogP contribution is 2.26. The number of benzene rings is 2. The van der Waals surface area contributed by atoms with Gasteiger partial charge in [0, 0.05) is 32.7 Å². The third-order valence-electron chi connectivity index (χ3n) is 4.35. The average molecular weight is 324 g/mol. The van der Waals surface area contributed by atoms with Gasteiger partial charge < -0.3 is 10.2 Å². The second-order valence-corrected chi connectivity index (χ2v) is 7.09. The maximum absolute atomic E-state index is 12.2. The molecule has 0 fully saturated rings. The molecule has 0 aliphatic rings. The van der Waals surface area contributed by atoms with Crippen LogP contribution in [0, 0.1) is 0 Å². The molecule has 2 rings (SSSR count). The van der Waals surface area contributed by atoms with Crippen LogP contribution < -0.4 is 10.2 Å². The highest BCUT2D eigenvalue weighted by molar-refractivity contribution is 5.77. The molecule has 2 aromatic rings. The summed E-state index contributed by atoms with van der Waals surface area (Å²) in [7, 11) is 4.06. The van der Waals surface area contributed by atoms with Crippen molar-refractivity contribution >= 4 is 11.6 Å². The molecule has 0 heterocycles. The lowest BCUT2D eigenvalue weighted by molar-refractivity contribution is -0.122. The molecule has 3 heteroatoms. The maximum atomic E-state index is 12.2. The molecule has 0 spiro atoms. The monoisotopic (exact) mass is 324 g/mol. The van der Waals surface area contributed by atoms with Crippen LogP contribution in [-0.2, 0) is 16.6 Å². The Labute approximate surface area is 145 Å². The Balaban J connectivity index is 1.81. The molecule has 0 aliphatic carbocycles. The van der Waals surface area contributed by atoms with E-state index in [1.807, 2.05) is 32.3 Å². The lowest BCUT2D eigenvalue weighted by Gasteiger charge is -2.24. The lowest BCUT2D eigenvalue weighted by Crippen LogP contribution is -2.32. The van der Waals surface area contributed by atoms with Gasteiger partial charge in [-0.25, -0.2) is 0 Å². The summed E-state index contributed by atoms with van der Waals surface area (Å²) < 4.78 is 0. The van der Waals surface area contributed by atoms with Gasteiger partial charge in [-0.05, 0) is 35.1 Å². The summed E-state index contributed by atoms with van der Waals surface area (Å²) in [5.41, 5.74) is 3.47. The van der Waals surface area contributed by atoms with E-state index in [1.165, 1.54) is 16.8 Å². The number of carbonyl (C=O) groups is 1. The fourth-order valence-corrected chi connectivity index (χ4v) is 2.76. The minimum atomic E-state index is -0.154. The molecule has 0 saturated carbocycles. The SMILES string of the molecule is CN(C)c1ccc(CCNC(=O)CC(C)(C)c2ccccc2)cc1. The molecule has 0 saturated heterocycles. The van der Waals surface area contributed by atoms with E-state index in [-0.39, 0.29) is 11.3 Å². The van der Waals surface area contributed by atoms with Crippen molar-refractivity contribution in [2.24, 2.45) is 0 Å². The Morgan fingerprint density at radius 2 is 1.62 bits per heavy atom. The van der Waals surface area contributed by atoms with Gasteiger partial charge in [-0.1, -0.05) is 56.3 Å². The summed E-state index contributed by atoms with van der Waals surface area (Å²) in [6, 6.07) is 18.7. The van der Waals surface area contributed by atoms with Crippen molar-refractivity contribution in [1.82, 2.24) is 5.32 Å². The quantitative estimate of drug-likeness (QED) is 0.840. The van der Waals surface area contributed by atoms with E-state index in [0.717, 1.165) is 6.42 Å². The molecule has 0 radical (unpaired) electrons. The van der Waals surface area contributed by atoms with Gasteiger partial charge in [-0.3, -0.25) is 4.79 Å². The molecule has 2 aromatic carbocycles. The van der Waals surface area contributed by atoms with E-state index in [0.29, 0.717) is 13.0 Å². The molecular formula is C21H28N2O. The van der Waals surface area contributed by atoms with E-state index in [9.17, 15) is 4.79 Å². The van der Waals surface area contributed by atoms with Crippen LogP contribution in [0.15, 0.2) is 54.6 Å². The van der Waals surface area contributed by atoms with Crippen molar-refractivity contribution in [3.05, 3.63) is 65.7 Å². The van der Waals surface area contributed by atoms with E-state index in [2.05, 4.69) is 60.5 Å². The number of rotatable bonds is 7. The highest BCUT2D eigenvalue weighted by Gasteiger charge is 2.23. The molecule has 1 amide bonds. The molecule has 24 heavy (non-hydrogen) atoms. The zero-order chi connectivity index (χ0) is 17.6. The maximum Gasteiger partial charge on any atom is 0.220 e. The number of amides is 1. The predicted molar refractivity (Wildman–Crippen MR) is 102 cm³/mol. The van der Waals surface area contributed by atoms with Gasteiger partial charge in [-0.15, -0.1) is 0 Å². The number of nitrogens with one attached hydrogen (secondary N) is 1. The standard InChI is InChI=1S/C21H28N2O/c1-21(2,18-8-6-5-7-9-18)16-20(24)22-15-14-17-10-12-19(13-11-17)23(3)4/h5-13H,14-16H2,1-4H3,(H,22,24). The molecule has 0 aromatic heterocycles. The van der Waals surface area contributed by atoms with E-state index in [4.69, 9.17) is 0 Å². The first-order valence-electron chi connectivity index (χ1n) is 8.47. The van der Waals surface area contributed by atoms with Gasteiger partial charge in [0.1, 0.15) is 0 Å². The van der Waals surface area contributed by atoms with Crippen molar-refractivity contribution in [2.75, 3.05) is 25.5 Å². The van der Waals surface area contributed by atoms with Crippen molar-refractivity contribution in [2.45, 2.75) is 32.1 Å². The first kappa shape index (κ1) is 18.1.